The second-order valence-corrected chi connectivity index (χ2v) is 5.59. The van der Waals surface area contributed by atoms with Crippen LogP contribution in [0.1, 0.15) is 11.1 Å². The zero-order valence-corrected chi connectivity index (χ0v) is 14.5. The largest absolute Gasteiger partial charge is 1.00 e. The van der Waals surface area contributed by atoms with E-state index in [9.17, 15) is 0 Å². The molecule has 0 N–H and O–H groups in total. The third-order valence-electron chi connectivity index (χ3n) is 3.70. The molecule has 0 saturated heterocycles. The summed E-state index contributed by atoms with van der Waals surface area (Å²) in [5.74, 6) is 0.861. The number of methoxy groups -OCH3 is 1. The molecule has 4 heteroatoms. The van der Waals surface area contributed by atoms with Crippen LogP contribution in [0, 0.1) is 0 Å². The van der Waals surface area contributed by atoms with Gasteiger partial charge in [-0.25, -0.2) is 4.57 Å². The van der Waals surface area contributed by atoms with Gasteiger partial charge in [-0.15, -0.1) is 0 Å². The Morgan fingerprint density at radius 3 is 2.43 bits per heavy atom. The minimum Gasteiger partial charge on any atom is -1.00 e. The van der Waals surface area contributed by atoms with Crippen molar-refractivity contribution >= 4 is 34.7 Å². The molecule has 0 spiro atoms. The summed E-state index contributed by atoms with van der Waals surface area (Å²) in [7, 11) is 3.73. The van der Waals surface area contributed by atoms with Crippen molar-refractivity contribution in [3.05, 3.63) is 70.9 Å². The van der Waals surface area contributed by atoms with Crippen molar-refractivity contribution in [1.29, 1.82) is 0 Å². The molecule has 3 rings (SSSR count). The fraction of sp³-hybridized carbons (Fsp3) is 0.105. The molecule has 0 bridgehead atoms. The predicted octanol–water partition coefficient (Wildman–Crippen LogP) is 1.50. The molecule has 2 aromatic carbocycles. The van der Waals surface area contributed by atoms with Gasteiger partial charge in [0.25, 0.3) is 0 Å². The minimum absolute atomic E-state index is 0. The third-order valence-corrected chi connectivity index (χ3v) is 3.95. The van der Waals surface area contributed by atoms with Crippen LogP contribution in [0.4, 0.5) is 0 Å². The molecule has 0 fully saturated rings. The molecule has 0 saturated carbocycles. The van der Waals surface area contributed by atoms with Crippen LogP contribution in [-0.4, -0.2) is 7.11 Å². The van der Waals surface area contributed by atoms with E-state index < -0.39 is 0 Å². The SMILES string of the molecule is COc1ccc2c(c1)c(/C=C/c1ccc(Cl)cc1)cc[n+]2C.[Cl-]. The van der Waals surface area contributed by atoms with Gasteiger partial charge in [-0.3, -0.25) is 0 Å². The van der Waals surface area contributed by atoms with Gasteiger partial charge < -0.3 is 17.1 Å². The summed E-state index contributed by atoms with van der Waals surface area (Å²) >= 11 is 5.92. The Kier molecular flexibility index (Phi) is 5.64. The van der Waals surface area contributed by atoms with E-state index >= 15 is 0 Å². The summed E-state index contributed by atoms with van der Waals surface area (Å²) in [6.45, 7) is 0. The van der Waals surface area contributed by atoms with Gasteiger partial charge in [-0.1, -0.05) is 35.9 Å². The normalized spacial score (nSPS) is 10.7. The highest BCUT2D eigenvalue weighted by atomic mass is 35.5. The summed E-state index contributed by atoms with van der Waals surface area (Å²) in [5.41, 5.74) is 3.44. The smallest absolute Gasteiger partial charge is 0.213 e. The lowest BCUT2D eigenvalue weighted by Crippen LogP contribution is -3.00. The van der Waals surface area contributed by atoms with Crippen LogP contribution in [0.2, 0.25) is 5.02 Å². The Labute approximate surface area is 147 Å². The lowest BCUT2D eigenvalue weighted by atomic mass is 10.1. The predicted molar refractivity (Wildman–Crippen MR) is 92.1 cm³/mol. The molecule has 0 aliphatic heterocycles. The number of benzene rings is 2. The van der Waals surface area contributed by atoms with Crippen molar-refractivity contribution in [1.82, 2.24) is 0 Å². The van der Waals surface area contributed by atoms with E-state index in [0.717, 1.165) is 27.3 Å². The van der Waals surface area contributed by atoms with Gasteiger partial charge in [0, 0.05) is 17.2 Å². The molecule has 3 aromatic rings. The number of aromatic nitrogens is 1. The monoisotopic (exact) mass is 345 g/mol. The number of pyridine rings is 1. The fourth-order valence-corrected chi connectivity index (χ4v) is 2.57. The minimum atomic E-state index is 0. The molecule has 1 heterocycles. The van der Waals surface area contributed by atoms with Crippen LogP contribution in [0.15, 0.2) is 54.7 Å². The van der Waals surface area contributed by atoms with E-state index in [4.69, 9.17) is 16.3 Å². The van der Waals surface area contributed by atoms with Gasteiger partial charge in [-0.2, -0.15) is 0 Å². The van der Waals surface area contributed by atoms with Crippen molar-refractivity contribution in [2.45, 2.75) is 0 Å². The van der Waals surface area contributed by atoms with Gasteiger partial charge in [0.2, 0.25) is 5.52 Å². The molecule has 0 aliphatic rings. The van der Waals surface area contributed by atoms with Crippen LogP contribution in [-0.2, 0) is 7.05 Å². The quantitative estimate of drug-likeness (QED) is 0.655. The van der Waals surface area contributed by atoms with Crippen molar-refractivity contribution < 1.29 is 21.7 Å². The first-order chi connectivity index (χ1) is 10.7. The van der Waals surface area contributed by atoms with E-state index in [1.54, 1.807) is 7.11 Å². The molecular formula is C19H17Cl2NO. The number of hydrogen-bond donors (Lipinski definition) is 0. The molecule has 0 aliphatic carbocycles. The third kappa shape index (κ3) is 3.84. The molecular weight excluding hydrogens is 329 g/mol. The molecule has 2 nitrogen and oxygen atoms in total. The second kappa shape index (κ2) is 7.49. The van der Waals surface area contributed by atoms with Crippen molar-refractivity contribution in [3.8, 4) is 5.75 Å². The van der Waals surface area contributed by atoms with Crippen LogP contribution in [0.3, 0.4) is 0 Å². The summed E-state index contributed by atoms with van der Waals surface area (Å²) in [4.78, 5) is 0. The van der Waals surface area contributed by atoms with Crippen molar-refractivity contribution in [3.63, 3.8) is 0 Å². The van der Waals surface area contributed by atoms with E-state index in [-0.39, 0.29) is 12.4 Å². The number of halogens is 2. The molecule has 0 radical (unpaired) electrons. The first-order valence-electron chi connectivity index (χ1n) is 7.07. The fourth-order valence-electron chi connectivity index (χ4n) is 2.45. The highest BCUT2D eigenvalue weighted by Gasteiger charge is 2.09. The number of rotatable bonds is 3. The maximum atomic E-state index is 5.92. The molecule has 0 unspecified atom stereocenters. The van der Waals surface area contributed by atoms with Crippen molar-refractivity contribution in [2.75, 3.05) is 7.11 Å². The zero-order valence-electron chi connectivity index (χ0n) is 13.0. The Bertz CT molecular complexity index is 842. The van der Waals surface area contributed by atoms with Crippen LogP contribution >= 0.6 is 11.6 Å². The van der Waals surface area contributed by atoms with Gasteiger partial charge in [0.1, 0.15) is 12.8 Å². The first kappa shape index (κ1) is 17.3. The van der Waals surface area contributed by atoms with Gasteiger partial charge >= 0.3 is 0 Å². The topological polar surface area (TPSA) is 13.1 Å². The lowest BCUT2D eigenvalue weighted by Gasteiger charge is -2.04. The maximum absolute atomic E-state index is 5.92. The molecule has 1 aromatic heterocycles. The van der Waals surface area contributed by atoms with E-state index in [1.165, 1.54) is 5.52 Å². The molecule has 0 atom stereocenters. The Balaban J connectivity index is 0.00000192. The van der Waals surface area contributed by atoms with Crippen LogP contribution in [0.25, 0.3) is 23.1 Å². The van der Waals surface area contributed by atoms with E-state index in [1.807, 2.05) is 37.4 Å². The van der Waals surface area contributed by atoms with Crippen LogP contribution < -0.4 is 21.7 Å². The number of ether oxygens (including phenoxy) is 1. The standard InChI is InChI=1S/C19H17ClNO.ClH/c1-21-12-11-15(6-3-14-4-7-16(20)8-5-14)18-13-17(22-2)9-10-19(18)21;/h3-13H,1-2H3;1H/q+1;/p-1/b6-3+;. The highest BCUT2D eigenvalue weighted by Crippen LogP contribution is 2.23. The first-order valence-corrected chi connectivity index (χ1v) is 7.45. The van der Waals surface area contributed by atoms with Gasteiger partial charge in [0.15, 0.2) is 6.20 Å². The zero-order chi connectivity index (χ0) is 15.5. The summed E-state index contributed by atoms with van der Waals surface area (Å²) < 4.78 is 7.45. The average Bonchev–Trinajstić information content (AvgIpc) is 2.55. The Morgan fingerprint density at radius 1 is 1.00 bits per heavy atom. The van der Waals surface area contributed by atoms with E-state index in [0.29, 0.717) is 0 Å². The van der Waals surface area contributed by atoms with E-state index in [2.05, 4.69) is 41.1 Å². The number of nitrogens with zero attached hydrogens (tertiary/aromatic N) is 1. The van der Waals surface area contributed by atoms with Gasteiger partial charge in [-0.05, 0) is 35.4 Å². The lowest BCUT2D eigenvalue weighted by molar-refractivity contribution is -0.644. The Morgan fingerprint density at radius 2 is 1.74 bits per heavy atom. The van der Waals surface area contributed by atoms with Crippen molar-refractivity contribution in [2.24, 2.45) is 7.05 Å². The summed E-state index contributed by atoms with van der Waals surface area (Å²) in [6, 6.07) is 16.0. The highest BCUT2D eigenvalue weighted by molar-refractivity contribution is 6.30. The summed E-state index contributed by atoms with van der Waals surface area (Å²) in [6.07, 6.45) is 6.27. The maximum Gasteiger partial charge on any atom is 0.213 e. The summed E-state index contributed by atoms with van der Waals surface area (Å²) in [5, 5.41) is 1.91. The van der Waals surface area contributed by atoms with Crippen LogP contribution in [0.5, 0.6) is 5.75 Å². The average molecular weight is 346 g/mol. The molecule has 0 amide bonds. The molecule has 118 valence electrons. The number of aryl methyl sites for hydroxylation is 1. The second-order valence-electron chi connectivity index (χ2n) is 5.15. The Hall–Kier alpha value is -2.03. The van der Waals surface area contributed by atoms with Gasteiger partial charge in [0.05, 0.1) is 12.5 Å². The molecule has 23 heavy (non-hydrogen) atoms. The number of hydrogen-bond acceptors (Lipinski definition) is 1. The number of fused-ring (bicyclic) bond motifs is 1.